The molecule has 6 rings (SSSR count). The molecule has 0 atom stereocenters. The van der Waals surface area contributed by atoms with E-state index in [0.29, 0.717) is 15.5 Å². The molecule has 6 aromatic rings. The SMILES string of the molecule is Cc1cc(C)c([PH+](CC/C(B(c2c(F)c(F)c(F)c(F)c2F)c2c(F)c(F)c(F)c(F)c2F)=C(/P(c2ccccc2)c2ccccc2)[Si](C)(C)C)c2c(C)cc(C)cc2C)c(C)c1. The second-order valence-electron chi connectivity index (χ2n) is 17.1. The second kappa shape index (κ2) is 18.9. The van der Waals surface area contributed by atoms with Gasteiger partial charge in [0.1, 0.15) is 10.6 Å². The first-order chi connectivity index (χ1) is 29.6. The molecule has 0 radical (unpaired) electrons. The Morgan fingerprint density at radius 1 is 0.476 bits per heavy atom. The molecule has 0 spiro atoms. The lowest BCUT2D eigenvalue weighted by molar-refractivity contribution is 0.382. The monoisotopic (exact) mass is 925 g/mol. The van der Waals surface area contributed by atoms with E-state index in [9.17, 15) is 8.78 Å². The van der Waals surface area contributed by atoms with Crippen LogP contribution in [0.4, 0.5) is 43.9 Å². The van der Waals surface area contributed by atoms with E-state index in [1.54, 1.807) is 60.7 Å². The summed E-state index contributed by atoms with van der Waals surface area (Å²) in [6, 6.07) is 25.8. The Balaban J connectivity index is 1.86. The third-order valence-electron chi connectivity index (χ3n) is 11.3. The van der Waals surface area contributed by atoms with E-state index >= 15 is 35.1 Å². The highest BCUT2D eigenvalue weighted by atomic mass is 31.1. The fraction of sp³-hybridized carbons (Fsp3) is 0.224. The molecule has 0 fully saturated rings. The van der Waals surface area contributed by atoms with Gasteiger partial charge in [-0.15, -0.1) is 0 Å². The van der Waals surface area contributed by atoms with Crippen molar-refractivity contribution in [2.24, 2.45) is 0 Å². The highest BCUT2D eigenvalue weighted by molar-refractivity contribution is 7.80. The average molecular weight is 926 g/mol. The molecule has 0 aliphatic rings. The summed E-state index contributed by atoms with van der Waals surface area (Å²) in [6.07, 6.45) is -0.174. The molecule has 6 aromatic carbocycles. The highest BCUT2D eigenvalue weighted by Gasteiger charge is 2.46. The molecule has 0 amide bonds. The molecule has 63 heavy (non-hydrogen) atoms. The topological polar surface area (TPSA) is 0 Å². The summed E-state index contributed by atoms with van der Waals surface area (Å²) >= 11 is 0. The van der Waals surface area contributed by atoms with Gasteiger partial charge in [0.2, 0.25) is 0 Å². The molecule has 0 bridgehead atoms. The molecular weight excluding hydrogens is 879 g/mol. The van der Waals surface area contributed by atoms with Crippen LogP contribution in [0.1, 0.15) is 39.8 Å². The minimum atomic E-state index is -3.13. The highest BCUT2D eigenvalue weighted by Crippen LogP contribution is 2.51. The lowest BCUT2D eigenvalue weighted by atomic mass is 9.35. The Morgan fingerprint density at radius 3 is 1.08 bits per heavy atom. The van der Waals surface area contributed by atoms with E-state index in [1.807, 2.05) is 85.4 Å². The maximum atomic E-state index is 16.6. The predicted octanol–water partition coefficient (Wildman–Crippen LogP) is 11.6. The first-order valence-corrected chi connectivity index (χ1v) is 26.8. The van der Waals surface area contributed by atoms with Crippen molar-refractivity contribution >= 4 is 62.8 Å². The summed E-state index contributed by atoms with van der Waals surface area (Å²) in [5.41, 5.74) is 2.11. The summed E-state index contributed by atoms with van der Waals surface area (Å²) in [7, 11) is -7.07. The molecule has 0 heterocycles. The lowest BCUT2D eigenvalue weighted by Crippen LogP contribution is -2.54. The molecule has 328 valence electrons. The molecule has 14 heteroatoms. The first-order valence-electron chi connectivity index (χ1n) is 20.3. The summed E-state index contributed by atoms with van der Waals surface area (Å²) in [5.74, 6) is -24.6. The maximum absolute atomic E-state index is 16.6. The molecule has 0 N–H and O–H groups in total. The second-order valence-corrected chi connectivity index (χ2v) is 27.1. The van der Waals surface area contributed by atoms with Gasteiger partial charge in [-0.25, -0.2) is 43.9 Å². The third-order valence-corrected chi connectivity index (χ3v) is 21.6. The van der Waals surface area contributed by atoms with Crippen LogP contribution in [0.2, 0.25) is 19.6 Å². The number of halogens is 10. The Kier molecular flexibility index (Phi) is 14.4. The van der Waals surface area contributed by atoms with E-state index < -0.39 is 99.7 Å². The van der Waals surface area contributed by atoms with Crippen LogP contribution < -0.4 is 32.1 Å². The number of hydrogen-bond donors (Lipinski definition) is 0. The molecule has 0 aliphatic heterocycles. The van der Waals surface area contributed by atoms with Crippen LogP contribution in [-0.2, 0) is 0 Å². The van der Waals surface area contributed by atoms with Crippen LogP contribution in [-0.4, -0.2) is 20.9 Å². The number of hydrogen-bond acceptors (Lipinski definition) is 0. The Bertz CT molecular complexity index is 2480. The molecule has 0 saturated heterocycles. The van der Waals surface area contributed by atoms with E-state index in [0.717, 1.165) is 44.0 Å². The molecular formula is C49H46BF10P2Si+. The zero-order valence-electron chi connectivity index (χ0n) is 36.3. The standard InChI is InChI=1S/C49H45BF10P2Si/c1-26-22-28(3)47(29(4)23-26)61(48-30(5)24-27(2)25-31(48)6)21-20-34(49(63(7,8)9)62(32-16-12-10-13-17-32)33-18-14-11-15-19-33)50(35-37(51)41(55)45(59)42(56)38(35)52)36-39(53)43(57)46(60)44(58)40(36)54/h10-19,22-25H,20-21H2,1-9H3/p+1/b49-34+. The van der Waals surface area contributed by atoms with E-state index in [2.05, 4.69) is 0 Å². The van der Waals surface area contributed by atoms with Crippen LogP contribution in [0, 0.1) is 99.7 Å². The van der Waals surface area contributed by atoms with Crippen molar-refractivity contribution in [3.8, 4) is 0 Å². The van der Waals surface area contributed by atoms with Crippen molar-refractivity contribution < 1.29 is 43.9 Å². The minimum Gasteiger partial charge on any atom is -0.204 e. The summed E-state index contributed by atoms with van der Waals surface area (Å²) in [5, 5.41) is 3.30. The Labute approximate surface area is 366 Å². The van der Waals surface area contributed by atoms with Crippen molar-refractivity contribution in [3.05, 3.63) is 187 Å². The lowest BCUT2D eigenvalue weighted by Gasteiger charge is -2.36. The molecule has 0 nitrogen and oxygen atoms in total. The third kappa shape index (κ3) is 9.23. The van der Waals surface area contributed by atoms with Gasteiger partial charge in [-0.05, 0) is 88.7 Å². The van der Waals surface area contributed by atoms with Crippen molar-refractivity contribution in [1.82, 2.24) is 0 Å². The van der Waals surface area contributed by atoms with Gasteiger partial charge in [0.05, 0.1) is 22.2 Å². The smallest absolute Gasteiger partial charge is 0.204 e. The van der Waals surface area contributed by atoms with Crippen molar-refractivity contribution in [3.63, 3.8) is 0 Å². The van der Waals surface area contributed by atoms with Gasteiger partial charge in [0, 0.05) is 10.9 Å². The van der Waals surface area contributed by atoms with Gasteiger partial charge in [0.25, 0.3) is 6.71 Å². The van der Waals surface area contributed by atoms with E-state index in [-0.39, 0.29) is 18.1 Å². The van der Waals surface area contributed by atoms with Crippen molar-refractivity contribution in [2.75, 3.05) is 6.16 Å². The predicted molar refractivity (Wildman–Crippen MR) is 245 cm³/mol. The van der Waals surface area contributed by atoms with Crippen LogP contribution in [0.3, 0.4) is 0 Å². The fourth-order valence-electron chi connectivity index (χ4n) is 9.11. The average Bonchev–Trinajstić information content (AvgIpc) is 3.22. The maximum Gasteiger partial charge on any atom is 0.253 e. The largest absolute Gasteiger partial charge is 0.253 e. The summed E-state index contributed by atoms with van der Waals surface area (Å²) in [4.78, 5) is 0.420. The fourth-order valence-corrected chi connectivity index (χ4v) is 19.5. The zero-order valence-corrected chi connectivity index (χ0v) is 39.2. The Hall–Kier alpha value is -4.50. The molecule has 0 aliphatic carbocycles. The number of rotatable bonds is 12. The van der Waals surface area contributed by atoms with E-state index in [4.69, 9.17) is 0 Å². The van der Waals surface area contributed by atoms with Gasteiger partial charge in [0.15, 0.2) is 58.2 Å². The van der Waals surface area contributed by atoms with Gasteiger partial charge < -0.3 is 0 Å². The van der Waals surface area contributed by atoms with Crippen LogP contribution in [0.25, 0.3) is 0 Å². The van der Waals surface area contributed by atoms with Crippen molar-refractivity contribution in [1.29, 1.82) is 0 Å². The number of aryl methyl sites for hydroxylation is 6. The van der Waals surface area contributed by atoms with Gasteiger partial charge in [-0.2, -0.15) is 0 Å². The quantitative estimate of drug-likeness (QED) is 0.0377. The minimum absolute atomic E-state index is 0.123. The van der Waals surface area contributed by atoms with Gasteiger partial charge in [-0.1, -0.05) is 126 Å². The summed E-state index contributed by atoms with van der Waals surface area (Å²) < 4.78 is 159. The molecule has 0 aromatic heterocycles. The normalized spacial score (nSPS) is 12.4. The zero-order chi connectivity index (χ0) is 46.4. The first kappa shape index (κ1) is 48.0. The summed E-state index contributed by atoms with van der Waals surface area (Å²) in [6.45, 7) is 14.7. The molecule has 0 saturated carbocycles. The van der Waals surface area contributed by atoms with E-state index in [1.165, 1.54) is 0 Å². The van der Waals surface area contributed by atoms with Crippen LogP contribution in [0.15, 0.2) is 95.3 Å². The van der Waals surface area contributed by atoms with Crippen LogP contribution in [0.5, 0.6) is 0 Å². The molecule has 0 unspecified atom stereocenters. The van der Waals surface area contributed by atoms with Gasteiger partial charge in [-0.3, -0.25) is 0 Å². The number of allylic oxidation sites excluding steroid dienone is 1. The van der Waals surface area contributed by atoms with Gasteiger partial charge >= 0.3 is 0 Å². The van der Waals surface area contributed by atoms with Crippen LogP contribution >= 0.6 is 15.8 Å². The number of benzene rings is 6. The van der Waals surface area contributed by atoms with Crippen molar-refractivity contribution in [2.45, 2.75) is 67.6 Å². The Morgan fingerprint density at radius 2 is 0.778 bits per heavy atom.